The summed E-state index contributed by atoms with van der Waals surface area (Å²) in [4.78, 5) is 10.7. The van der Waals surface area contributed by atoms with Crippen LogP contribution >= 0.6 is 19.6 Å². The minimum atomic E-state index is -4.56. The van der Waals surface area contributed by atoms with Crippen LogP contribution in [0, 0.1) is 10.1 Å². The molecule has 2 rings (SSSR count). The van der Waals surface area contributed by atoms with E-state index in [-0.39, 0.29) is 34.1 Å². The van der Waals surface area contributed by atoms with Gasteiger partial charge in [-0.05, 0) is 36.1 Å². The molecule has 11 heteroatoms. The van der Waals surface area contributed by atoms with E-state index >= 15 is 0 Å². The van der Waals surface area contributed by atoms with Gasteiger partial charge in [0.25, 0.3) is 0 Å². The molecule has 0 aliphatic rings. The first-order valence-electron chi connectivity index (χ1n) is 8.54. The summed E-state index contributed by atoms with van der Waals surface area (Å²) < 4.78 is 61.4. The summed E-state index contributed by atoms with van der Waals surface area (Å²) in [6, 6.07) is 5.05. The first-order valence-corrected chi connectivity index (χ1v) is 10.1. The molecule has 0 aliphatic heterocycles. The predicted molar refractivity (Wildman–Crippen MR) is 102 cm³/mol. The van der Waals surface area contributed by atoms with Crippen LogP contribution in [0.3, 0.4) is 0 Å². The van der Waals surface area contributed by atoms with Crippen molar-refractivity contribution in [1.29, 1.82) is 0 Å². The maximum Gasteiger partial charge on any atom is 0.556 e. The van der Waals surface area contributed by atoms with E-state index in [1.165, 1.54) is 12.1 Å². The van der Waals surface area contributed by atoms with E-state index < -0.39 is 24.7 Å². The highest BCUT2D eigenvalue weighted by Gasteiger charge is 2.35. The lowest BCUT2D eigenvalue weighted by molar-refractivity contribution is -0.383. The molecule has 0 saturated heterocycles. The minimum Gasteiger partial charge on any atom is -0.455 e. The van der Waals surface area contributed by atoms with Crippen LogP contribution in [-0.4, -0.2) is 11.5 Å². The highest BCUT2D eigenvalue weighted by Crippen LogP contribution is 2.39. The van der Waals surface area contributed by atoms with Crippen molar-refractivity contribution >= 4 is 30.6 Å². The molecule has 1 atom stereocenters. The van der Waals surface area contributed by atoms with Crippen molar-refractivity contribution in [1.82, 2.24) is 0 Å². The van der Waals surface area contributed by atoms with Crippen molar-refractivity contribution in [3.8, 4) is 11.5 Å². The normalized spacial score (nSPS) is 12.0. The lowest BCUT2D eigenvalue weighted by Crippen LogP contribution is -2.09. The van der Waals surface area contributed by atoms with Gasteiger partial charge >= 0.3 is 25.2 Å². The van der Waals surface area contributed by atoms with Crippen LogP contribution in [0.4, 0.5) is 18.9 Å². The summed E-state index contributed by atoms with van der Waals surface area (Å²) >= 11 is 5.93. The Morgan fingerprint density at radius 2 is 1.86 bits per heavy atom. The molecule has 0 amide bonds. The number of hydrogen-bond donors (Lipinski definition) is 0. The van der Waals surface area contributed by atoms with E-state index in [1.54, 1.807) is 6.92 Å². The number of nitrogens with zero attached hydrogens (tertiary/aromatic N) is 1. The van der Waals surface area contributed by atoms with Gasteiger partial charge in [0.15, 0.2) is 0 Å². The van der Waals surface area contributed by atoms with E-state index in [4.69, 9.17) is 20.9 Å². The Morgan fingerprint density at radius 3 is 2.38 bits per heavy atom. The first kappa shape index (κ1) is 23.1. The van der Waals surface area contributed by atoms with Crippen molar-refractivity contribution < 1.29 is 31.9 Å². The van der Waals surface area contributed by atoms with Crippen LogP contribution in [0.25, 0.3) is 0 Å². The fourth-order valence-corrected chi connectivity index (χ4v) is 3.67. The Labute approximate surface area is 170 Å². The fourth-order valence-electron chi connectivity index (χ4n) is 2.52. The molecule has 0 bridgehead atoms. The molecule has 2 aromatic carbocycles. The van der Waals surface area contributed by atoms with Gasteiger partial charge in [-0.15, -0.1) is 4.52 Å². The maximum absolute atomic E-state index is 12.8. The molecule has 0 N–H and O–H groups in total. The molecule has 156 valence electrons. The van der Waals surface area contributed by atoms with Gasteiger partial charge in [-0.25, -0.2) is 0 Å². The Morgan fingerprint density at radius 1 is 1.17 bits per heavy atom. The zero-order valence-electron chi connectivity index (χ0n) is 15.5. The second-order valence-corrected chi connectivity index (χ2v) is 7.54. The summed E-state index contributed by atoms with van der Waals surface area (Å²) in [5.41, 5.74) is -0.889. The molecule has 29 heavy (non-hydrogen) atoms. The standard InChI is InChI=1S/C18H17ClF3NO5P/c1-3-5-11-8-14(23(24)25)17(29(26)27-4-2)10-16(11)28-15-7-6-12(9-13(15)19)18(20,21)22/h6-10H,3-5H2,1-2H3/q+1. The zero-order chi connectivity index (χ0) is 21.8. The van der Waals surface area contributed by atoms with Crippen LogP contribution in [0.5, 0.6) is 11.5 Å². The van der Waals surface area contributed by atoms with Crippen LogP contribution in [-0.2, 0) is 21.7 Å². The van der Waals surface area contributed by atoms with E-state index in [1.807, 2.05) is 6.92 Å². The number of ether oxygens (including phenoxy) is 1. The van der Waals surface area contributed by atoms with Gasteiger partial charge in [0.05, 0.1) is 15.5 Å². The van der Waals surface area contributed by atoms with E-state index in [0.29, 0.717) is 18.4 Å². The summed E-state index contributed by atoms with van der Waals surface area (Å²) in [5, 5.41) is 10.9. The molecule has 0 saturated carbocycles. The van der Waals surface area contributed by atoms with Crippen molar-refractivity contribution in [2.75, 3.05) is 6.61 Å². The van der Waals surface area contributed by atoms with Gasteiger partial charge < -0.3 is 4.74 Å². The maximum atomic E-state index is 12.8. The monoisotopic (exact) mass is 450 g/mol. The quantitative estimate of drug-likeness (QED) is 0.263. The minimum absolute atomic E-state index is 0.0662. The fraction of sp³-hybridized carbons (Fsp3) is 0.333. The SMILES string of the molecule is CCCc1cc([N+](=O)[O-])c([P+](=O)OCC)cc1Oc1ccc(C(F)(F)F)cc1Cl. The highest BCUT2D eigenvalue weighted by molar-refractivity contribution is 7.48. The smallest absolute Gasteiger partial charge is 0.455 e. The molecular formula is C18H17ClF3NO5P+. The molecule has 1 unspecified atom stereocenters. The van der Waals surface area contributed by atoms with Gasteiger partial charge in [-0.1, -0.05) is 24.9 Å². The molecule has 0 aromatic heterocycles. The van der Waals surface area contributed by atoms with Gasteiger partial charge in [-0.2, -0.15) is 13.2 Å². The Hall–Kier alpha value is -2.22. The second kappa shape index (κ2) is 9.52. The number of aryl methyl sites for hydroxylation is 1. The average molecular weight is 451 g/mol. The number of rotatable bonds is 8. The zero-order valence-corrected chi connectivity index (χ0v) is 17.1. The van der Waals surface area contributed by atoms with Gasteiger partial charge in [0.2, 0.25) is 0 Å². The van der Waals surface area contributed by atoms with Crippen LogP contribution in [0.15, 0.2) is 30.3 Å². The molecule has 6 nitrogen and oxygen atoms in total. The molecule has 0 heterocycles. The molecule has 0 spiro atoms. The lowest BCUT2D eigenvalue weighted by Gasteiger charge is -2.13. The van der Waals surface area contributed by atoms with Crippen LogP contribution in [0.2, 0.25) is 5.02 Å². The van der Waals surface area contributed by atoms with Crippen LogP contribution < -0.4 is 10.0 Å². The molecule has 0 aliphatic carbocycles. The third-order valence-corrected chi connectivity index (χ3v) is 5.34. The summed E-state index contributed by atoms with van der Waals surface area (Å²) in [6.07, 6.45) is -3.56. The number of benzene rings is 2. The highest BCUT2D eigenvalue weighted by atomic mass is 35.5. The number of alkyl halides is 3. The summed E-state index contributed by atoms with van der Waals surface area (Å²) in [5.74, 6) is 0.0422. The third kappa shape index (κ3) is 5.65. The number of halogens is 4. The Kier molecular flexibility index (Phi) is 7.57. The van der Waals surface area contributed by atoms with Crippen molar-refractivity contribution in [2.45, 2.75) is 32.9 Å². The number of nitro groups is 1. The van der Waals surface area contributed by atoms with Gasteiger partial charge in [0.1, 0.15) is 18.1 Å². The van der Waals surface area contributed by atoms with Gasteiger partial charge in [0, 0.05) is 17.7 Å². The second-order valence-electron chi connectivity index (χ2n) is 5.88. The van der Waals surface area contributed by atoms with Crippen molar-refractivity contribution in [3.05, 3.63) is 56.6 Å². The van der Waals surface area contributed by atoms with Gasteiger partial charge in [-0.3, -0.25) is 10.1 Å². The topological polar surface area (TPSA) is 78.7 Å². The van der Waals surface area contributed by atoms with Crippen LogP contribution in [0.1, 0.15) is 31.4 Å². The Balaban J connectivity index is 2.54. The average Bonchev–Trinajstić information content (AvgIpc) is 2.63. The van der Waals surface area contributed by atoms with E-state index in [2.05, 4.69) is 0 Å². The molecule has 2 aromatic rings. The van der Waals surface area contributed by atoms with Crippen molar-refractivity contribution in [2.24, 2.45) is 0 Å². The largest absolute Gasteiger partial charge is 0.556 e. The number of nitro benzene ring substituents is 1. The number of hydrogen-bond acceptors (Lipinski definition) is 5. The van der Waals surface area contributed by atoms with E-state index in [0.717, 1.165) is 18.2 Å². The van der Waals surface area contributed by atoms with E-state index in [9.17, 15) is 27.9 Å². The third-order valence-electron chi connectivity index (χ3n) is 3.80. The summed E-state index contributed by atoms with van der Waals surface area (Å²) in [7, 11) is -2.52. The summed E-state index contributed by atoms with van der Waals surface area (Å²) in [6.45, 7) is 3.50. The predicted octanol–water partition coefficient (Wildman–Crippen LogP) is 6.42. The first-order chi connectivity index (χ1) is 13.6. The molecule has 0 radical (unpaired) electrons. The lowest BCUT2D eigenvalue weighted by atomic mass is 10.1. The Bertz CT molecular complexity index is 936. The molecule has 0 fully saturated rings. The molecular weight excluding hydrogens is 434 g/mol. The van der Waals surface area contributed by atoms with Crippen molar-refractivity contribution in [3.63, 3.8) is 0 Å².